The fraction of sp³-hybridized carbons (Fsp3) is 0.556. The van der Waals surface area contributed by atoms with Crippen LogP contribution in [-0.4, -0.2) is 36.4 Å². The average molecular weight is 318 g/mol. The highest BCUT2D eigenvalue weighted by atomic mass is 16.5. The van der Waals surface area contributed by atoms with E-state index in [4.69, 9.17) is 4.74 Å². The van der Waals surface area contributed by atoms with Crippen LogP contribution in [0, 0.1) is 0 Å². The van der Waals surface area contributed by atoms with Gasteiger partial charge in [0.15, 0.2) is 0 Å². The molecular formula is C18H26N2O3. The van der Waals surface area contributed by atoms with E-state index in [2.05, 4.69) is 19.2 Å². The molecule has 0 aromatic heterocycles. The van der Waals surface area contributed by atoms with E-state index >= 15 is 0 Å². The van der Waals surface area contributed by atoms with E-state index in [1.165, 1.54) is 0 Å². The lowest BCUT2D eigenvalue weighted by Crippen LogP contribution is -2.34. The maximum Gasteiger partial charge on any atom is 0.224 e. The van der Waals surface area contributed by atoms with Crippen LogP contribution in [0.25, 0.3) is 0 Å². The second-order valence-corrected chi connectivity index (χ2v) is 6.08. The Morgan fingerprint density at radius 2 is 2.17 bits per heavy atom. The molecule has 0 fully saturated rings. The Bertz CT molecular complexity index is 571. The van der Waals surface area contributed by atoms with Gasteiger partial charge >= 0.3 is 0 Å². The third-order valence-electron chi connectivity index (χ3n) is 4.42. The van der Waals surface area contributed by atoms with E-state index in [1.807, 2.05) is 30.1 Å². The Kier molecular flexibility index (Phi) is 6.02. The molecule has 2 amide bonds. The number of nitrogens with one attached hydrogen (secondary N) is 1. The Morgan fingerprint density at radius 1 is 1.39 bits per heavy atom. The van der Waals surface area contributed by atoms with E-state index < -0.39 is 0 Å². The molecule has 0 saturated carbocycles. The number of amides is 2. The van der Waals surface area contributed by atoms with Crippen LogP contribution in [0.15, 0.2) is 18.2 Å². The Morgan fingerprint density at radius 3 is 2.91 bits per heavy atom. The van der Waals surface area contributed by atoms with Crippen LogP contribution >= 0.6 is 0 Å². The maximum atomic E-state index is 12.0. The number of hydrogen-bond acceptors (Lipinski definition) is 3. The van der Waals surface area contributed by atoms with E-state index in [0.29, 0.717) is 25.9 Å². The molecule has 5 heteroatoms. The zero-order valence-corrected chi connectivity index (χ0v) is 14.2. The van der Waals surface area contributed by atoms with Gasteiger partial charge in [-0.3, -0.25) is 9.59 Å². The minimum atomic E-state index is 0.0649. The van der Waals surface area contributed by atoms with Crippen LogP contribution in [0.4, 0.5) is 5.69 Å². The molecule has 0 aliphatic carbocycles. The molecule has 1 aromatic carbocycles. The molecule has 23 heavy (non-hydrogen) atoms. The van der Waals surface area contributed by atoms with Crippen LogP contribution in [0.5, 0.6) is 5.75 Å². The molecule has 5 nitrogen and oxygen atoms in total. The van der Waals surface area contributed by atoms with Gasteiger partial charge in [-0.05, 0) is 49.9 Å². The van der Waals surface area contributed by atoms with E-state index in [-0.39, 0.29) is 17.9 Å². The summed E-state index contributed by atoms with van der Waals surface area (Å²) in [6, 6.07) is 5.99. The summed E-state index contributed by atoms with van der Waals surface area (Å²) in [4.78, 5) is 25.1. The number of nitrogens with zero attached hydrogens (tertiary/aromatic N) is 1. The van der Waals surface area contributed by atoms with Gasteiger partial charge in [0, 0.05) is 31.6 Å². The predicted octanol–water partition coefficient (Wildman–Crippen LogP) is 2.99. The lowest BCUT2D eigenvalue weighted by atomic mass is 10.0. The van der Waals surface area contributed by atoms with Gasteiger partial charge in [0.05, 0.1) is 6.61 Å². The summed E-state index contributed by atoms with van der Waals surface area (Å²) in [7, 11) is 1.86. The maximum absolute atomic E-state index is 12.0. The van der Waals surface area contributed by atoms with Crippen molar-refractivity contribution < 1.29 is 14.3 Å². The number of carbonyl (C=O) groups excluding carboxylic acids is 2. The predicted molar refractivity (Wildman–Crippen MR) is 90.6 cm³/mol. The second kappa shape index (κ2) is 7.99. The van der Waals surface area contributed by atoms with Crippen LogP contribution in [0.2, 0.25) is 0 Å². The van der Waals surface area contributed by atoms with Gasteiger partial charge in [-0.15, -0.1) is 0 Å². The van der Waals surface area contributed by atoms with Crippen molar-refractivity contribution in [2.75, 3.05) is 19.0 Å². The molecule has 0 radical (unpaired) electrons. The number of benzene rings is 1. The average Bonchev–Trinajstić information content (AvgIpc) is 2.57. The summed E-state index contributed by atoms with van der Waals surface area (Å²) in [5, 5.41) is 2.85. The quantitative estimate of drug-likeness (QED) is 0.786. The number of aryl methyl sites for hydroxylation is 1. The Hall–Kier alpha value is -2.04. The van der Waals surface area contributed by atoms with Crippen LogP contribution < -0.4 is 10.1 Å². The largest absolute Gasteiger partial charge is 0.494 e. The first-order chi connectivity index (χ1) is 11.0. The molecule has 1 N–H and O–H groups in total. The smallest absolute Gasteiger partial charge is 0.224 e. The molecule has 2 rings (SSSR count). The summed E-state index contributed by atoms with van der Waals surface area (Å²) >= 11 is 0. The minimum absolute atomic E-state index is 0.0649. The fourth-order valence-corrected chi connectivity index (χ4v) is 2.56. The highest BCUT2D eigenvalue weighted by molar-refractivity contribution is 5.94. The summed E-state index contributed by atoms with van der Waals surface area (Å²) in [6.07, 6.45) is 3.43. The number of fused-ring (bicyclic) bond motifs is 1. The van der Waals surface area contributed by atoms with Crippen LogP contribution in [0.3, 0.4) is 0 Å². The molecule has 1 heterocycles. The van der Waals surface area contributed by atoms with Crippen molar-refractivity contribution in [1.29, 1.82) is 0 Å². The minimum Gasteiger partial charge on any atom is -0.494 e. The summed E-state index contributed by atoms with van der Waals surface area (Å²) < 4.78 is 5.73. The van der Waals surface area contributed by atoms with Gasteiger partial charge in [-0.1, -0.05) is 6.92 Å². The Balaban J connectivity index is 1.77. The molecule has 1 aromatic rings. The Labute approximate surface area is 138 Å². The second-order valence-electron chi connectivity index (χ2n) is 6.08. The zero-order chi connectivity index (χ0) is 16.8. The molecule has 0 bridgehead atoms. The molecule has 0 saturated heterocycles. The van der Waals surface area contributed by atoms with Gasteiger partial charge in [0.25, 0.3) is 0 Å². The van der Waals surface area contributed by atoms with Gasteiger partial charge in [-0.25, -0.2) is 0 Å². The third kappa shape index (κ3) is 4.71. The molecule has 1 aliphatic rings. The number of carbonyl (C=O) groups is 2. The molecule has 0 spiro atoms. The van der Waals surface area contributed by atoms with Crippen molar-refractivity contribution in [2.45, 2.75) is 52.0 Å². The van der Waals surface area contributed by atoms with E-state index in [9.17, 15) is 9.59 Å². The first kappa shape index (κ1) is 17.3. The number of anilines is 1. The first-order valence-electron chi connectivity index (χ1n) is 8.32. The first-order valence-corrected chi connectivity index (χ1v) is 8.32. The lowest BCUT2D eigenvalue weighted by Gasteiger charge is -2.23. The number of hydrogen-bond donors (Lipinski definition) is 1. The monoisotopic (exact) mass is 318 g/mol. The SMILES string of the molecule is CCC(C)N(C)C(=O)CCCOc1ccc2c(c1)CCC(=O)N2. The molecule has 1 aliphatic heterocycles. The summed E-state index contributed by atoms with van der Waals surface area (Å²) in [5.74, 6) is 1.02. The van der Waals surface area contributed by atoms with Crippen molar-refractivity contribution >= 4 is 17.5 Å². The van der Waals surface area contributed by atoms with Gasteiger partial charge in [0.1, 0.15) is 5.75 Å². The number of ether oxygens (including phenoxy) is 1. The normalized spacial score (nSPS) is 14.7. The molecule has 126 valence electrons. The van der Waals surface area contributed by atoms with Crippen LogP contribution in [0.1, 0.15) is 45.1 Å². The fourth-order valence-electron chi connectivity index (χ4n) is 2.56. The van der Waals surface area contributed by atoms with Gasteiger partial charge in [0.2, 0.25) is 11.8 Å². The third-order valence-corrected chi connectivity index (χ3v) is 4.42. The lowest BCUT2D eigenvalue weighted by molar-refractivity contribution is -0.132. The van der Waals surface area contributed by atoms with E-state index in [0.717, 1.165) is 29.8 Å². The highest BCUT2D eigenvalue weighted by Crippen LogP contribution is 2.26. The molecule has 1 atom stereocenters. The molecule has 1 unspecified atom stereocenters. The topological polar surface area (TPSA) is 58.6 Å². The highest BCUT2D eigenvalue weighted by Gasteiger charge is 2.15. The van der Waals surface area contributed by atoms with Crippen molar-refractivity contribution in [3.63, 3.8) is 0 Å². The van der Waals surface area contributed by atoms with Crippen molar-refractivity contribution in [3.05, 3.63) is 23.8 Å². The van der Waals surface area contributed by atoms with Crippen molar-refractivity contribution in [2.24, 2.45) is 0 Å². The molecular weight excluding hydrogens is 292 g/mol. The van der Waals surface area contributed by atoms with Crippen molar-refractivity contribution in [3.8, 4) is 5.75 Å². The van der Waals surface area contributed by atoms with Gasteiger partial charge < -0.3 is 15.0 Å². The zero-order valence-electron chi connectivity index (χ0n) is 14.2. The van der Waals surface area contributed by atoms with Gasteiger partial charge in [-0.2, -0.15) is 0 Å². The summed E-state index contributed by atoms with van der Waals surface area (Å²) in [5.41, 5.74) is 1.98. The standard InChI is InChI=1S/C18H26N2O3/c1-4-13(2)20(3)18(22)6-5-11-23-15-8-9-16-14(12-15)7-10-17(21)19-16/h8-9,12-13H,4-7,10-11H2,1-3H3,(H,19,21). The van der Waals surface area contributed by atoms with Crippen molar-refractivity contribution in [1.82, 2.24) is 4.90 Å². The number of rotatable bonds is 7. The van der Waals surface area contributed by atoms with E-state index in [1.54, 1.807) is 0 Å². The van der Waals surface area contributed by atoms with Crippen LogP contribution in [-0.2, 0) is 16.0 Å². The summed E-state index contributed by atoms with van der Waals surface area (Å²) in [6.45, 7) is 4.65.